The summed E-state index contributed by atoms with van der Waals surface area (Å²) in [6.07, 6.45) is 5.93. The molecule has 0 radical (unpaired) electrons. The van der Waals surface area contributed by atoms with Gasteiger partial charge in [0.15, 0.2) is 0 Å². The molecule has 0 unspecified atom stereocenters. The Morgan fingerprint density at radius 1 is 0.372 bits per heavy atom. The zero-order chi connectivity index (χ0) is 102. The lowest BCUT2D eigenvalue weighted by molar-refractivity contribution is 0.0379. The number of hydrogen-bond donors (Lipinski definition) is 16. The molecule has 0 atom stereocenters. The van der Waals surface area contributed by atoms with Gasteiger partial charge in [-0.25, -0.2) is 24.5 Å². The molecule has 0 spiro atoms. The molecule has 3 aliphatic rings. The molecule has 0 bridgehead atoms. The minimum Gasteiger partial charge on any atom is -0.396 e. The number of fused-ring (bicyclic) bond motifs is 4. The van der Waals surface area contributed by atoms with Crippen LogP contribution in [0.5, 0.6) is 0 Å². The van der Waals surface area contributed by atoms with E-state index in [1.54, 1.807) is 65.9 Å². The van der Waals surface area contributed by atoms with Gasteiger partial charge in [0.2, 0.25) is 17.8 Å². The van der Waals surface area contributed by atoms with Crippen LogP contribution in [0.1, 0.15) is 96.4 Å². The highest BCUT2D eigenvalue weighted by Crippen LogP contribution is 2.41. The maximum atomic E-state index is 12.4. The van der Waals surface area contributed by atoms with Crippen LogP contribution in [0.2, 0.25) is 0 Å². The van der Waals surface area contributed by atoms with Gasteiger partial charge in [-0.2, -0.15) is 26.7 Å². The Hall–Kier alpha value is -13.5. The number of nitrogens with zero attached hydrogens (tertiary/aromatic N) is 8. The van der Waals surface area contributed by atoms with E-state index in [4.69, 9.17) is 39.7 Å². The van der Waals surface area contributed by atoms with Crippen molar-refractivity contribution in [2.45, 2.75) is 161 Å². The quantitative estimate of drug-likeness (QED) is 0.0159. The highest BCUT2D eigenvalue weighted by Gasteiger charge is 2.34. The van der Waals surface area contributed by atoms with Crippen molar-refractivity contribution in [3.8, 4) is 0 Å². The van der Waals surface area contributed by atoms with E-state index in [2.05, 4.69) is 163 Å². The molecule has 0 saturated carbocycles. The standard InChI is InChI=1S/C33H38N4O2S.C29H32N6O2S.C28H30N4O3S.C26H28N4O2S2/c1-2-17-34-33(39)37-18-15-27(16-19-37)36-30-21-28(20-24-9-3-6-12-29(24)30)35-22-25-10-4-7-13-31(25)40-32-14-8-5-11-26(32)23-38;1-30-29(37)35-16-14-22(15-17-35)32-27-23-10-4-5-11-24(23)33-28(34-27)31-18-20-8-2-6-12-25(20)38-26-13-7-3-9-21(26)19-36;33-18-21-8-2-6-12-25(21)36-24-11-5-1-7-20(24)17-29-27-30-23-10-4-3-9-22(23)26(31-27)32-28(19-34)13-15-35-16-14-28;31-14-16-33-15-13-27-25-21-9-3-4-10-22(21)29-26(30-25)28-17-19-7-1-5-11-23(19)34-24-12-6-2-8-20(24)18-32/h3-14,20-21,27,35-36,38H,2,15-19,22-23H2,1H3,(H,34,39);2-13,22,36H,14-19H2,1H3,(H,30,37)(H2,31,32,33,34);1-12,33-34H,13-19H2,(H2,29,30,31,32);1-12,31-32H,13-18H2,(H2,27,28,29,30). The Kier molecular flexibility index (Phi) is 40.3. The number of carbonyl (C=O) groups is 2. The van der Waals surface area contributed by atoms with Gasteiger partial charge in [-0.15, -0.1) is 0 Å². The number of aromatic nitrogens is 6. The number of carbonyl (C=O) groups excluding carboxylic acids is 2. The Morgan fingerprint density at radius 2 is 0.723 bits per heavy atom. The van der Waals surface area contributed by atoms with Gasteiger partial charge < -0.3 is 98.3 Å². The fourth-order valence-corrected chi connectivity index (χ4v) is 22.4. The summed E-state index contributed by atoms with van der Waals surface area (Å²) in [5, 5.41) is 97.3. The maximum absolute atomic E-state index is 12.4. The van der Waals surface area contributed by atoms with E-state index in [0.717, 1.165) is 199 Å². The van der Waals surface area contributed by atoms with E-state index in [1.807, 2.05) is 210 Å². The van der Waals surface area contributed by atoms with Crippen molar-refractivity contribution in [1.29, 1.82) is 0 Å². The fourth-order valence-electron chi connectivity index (χ4n) is 17.6. The predicted molar refractivity (Wildman–Crippen MR) is 605 cm³/mol. The zero-order valence-corrected chi connectivity index (χ0v) is 87.2. The second-order valence-corrected chi connectivity index (χ2v) is 41.4. The van der Waals surface area contributed by atoms with Crippen LogP contribution in [0.15, 0.2) is 342 Å². The summed E-state index contributed by atoms with van der Waals surface area (Å²) < 4.78 is 5.52. The van der Waals surface area contributed by atoms with Gasteiger partial charge >= 0.3 is 12.1 Å². The lowest BCUT2D eigenvalue weighted by atomic mass is 9.91. The minimum absolute atomic E-state index is 0.00571. The van der Waals surface area contributed by atoms with Gasteiger partial charge in [0.25, 0.3) is 0 Å². The summed E-state index contributed by atoms with van der Waals surface area (Å²) in [5.74, 6) is 5.59. The van der Waals surface area contributed by atoms with E-state index in [-0.39, 0.29) is 57.7 Å². The average molecular weight is 2080 g/mol. The number of aliphatic hydroxyl groups excluding tert-OH is 6. The predicted octanol–water partition coefficient (Wildman–Crippen LogP) is 22.1. The summed E-state index contributed by atoms with van der Waals surface area (Å²) in [4.78, 5) is 65.4. The molecule has 27 nitrogen and oxygen atoms in total. The van der Waals surface area contributed by atoms with Crippen molar-refractivity contribution in [2.75, 3.05) is 127 Å². The number of likely N-dealkylation sites (tertiary alicyclic amines) is 2. The number of nitrogens with one attached hydrogen (secondary N) is 10. The molecule has 766 valence electrons. The second kappa shape index (κ2) is 55.5. The van der Waals surface area contributed by atoms with Crippen molar-refractivity contribution >= 4 is 161 Å². The van der Waals surface area contributed by atoms with Gasteiger partial charge in [-0.1, -0.05) is 260 Å². The maximum Gasteiger partial charge on any atom is 0.317 e. The topological polar surface area (TPSA) is 369 Å². The number of piperidine rings is 2. The molecular formula is C116H128N18O9S5. The first-order valence-corrected chi connectivity index (χ1v) is 54.7. The Labute approximate surface area is 885 Å². The molecule has 3 aliphatic heterocycles. The summed E-state index contributed by atoms with van der Waals surface area (Å²) >= 11 is 8.33. The molecule has 6 heterocycles. The van der Waals surface area contributed by atoms with E-state index >= 15 is 0 Å². The van der Waals surface area contributed by atoms with Crippen molar-refractivity contribution in [3.05, 3.63) is 348 Å². The molecule has 16 aromatic rings. The molecule has 148 heavy (non-hydrogen) atoms. The van der Waals surface area contributed by atoms with Gasteiger partial charge in [-0.3, -0.25) is 0 Å². The molecule has 3 fully saturated rings. The molecular weight excluding hydrogens is 1950 g/mol. The normalized spacial score (nSPS) is 13.5. The Morgan fingerprint density at radius 3 is 1.14 bits per heavy atom. The number of amides is 4. The van der Waals surface area contributed by atoms with E-state index in [9.17, 15) is 35.1 Å². The monoisotopic (exact) mass is 2080 g/mol. The number of ether oxygens (including phenoxy) is 1. The highest BCUT2D eigenvalue weighted by atomic mass is 32.2. The highest BCUT2D eigenvalue weighted by molar-refractivity contribution is 8.00. The summed E-state index contributed by atoms with van der Waals surface area (Å²) in [7, 11) is 1.67. The first-order chi connectivity index (χ1) is 72.8. The number of rotatable bonds is 39. The third-order valence-electron chi connectivity index (χ3n) is 25.7. The number of hydrogen-bond acceptors (Lipinski definition) is 28. The SMILES string of the molecule is CCCNC(=O)N1CCC(Nc2cc(NCc3ccccc3Sc3ccccc3CO)cc3ccccc23)CC1.CNC(=O)N1CCC(Nc2nc(NCc3ccccc3Sc3ccccc3CO)nc3ccccc23)CC1.OCCSCCNc1nc(NCc2ccccc2Sc2ccccc2CO)nc2ccccc12.OCc1ccccc1Sc1ccccc1CNc1nc(NC2(CO)CCOCC2)c2ccccc2n1. The smallest absolute Gasteiger partial charge is 0.317 e. The minimum atomic E-state index is -0.462. The zero-order valence-electron chi connectivity index (χ0n) is 83.1. The molecule has 0 aliphatic carbocycles. The third kappa shape index (κ3) is 29.8. The van der Waals surface area contributed by atoms with Gasteiger partial charge in [-0.05, 0) is 192 Å². The van der Waals surface area contributed by atoms with Gasteiger partial charge in [0.05, 0.1) is 61.7 Å². The van der Waals surface area contributed by atoms with Gasteiger partial charge in [0, 0.05) is 181 Å². The van der Waals surface area contributed by atoms with Crippen LogP contribution in [0.4, 0.5) is 56.3 Å². The largest absolute Gasteiger partial charge is 0.396 e. The van der Waals surface area contributed by atoms with E-state index < -0.39 is 5.54 Å². The Balaban J connectivity index is 0.000000141. The summed E-state index contributed by atoms with van der Waals surface area (Å²) in [5.41, 5.74) is 12.5. The molecule has 3 aromatic heterocycles. The first-order valence-electron chi connectivity index (χ1n) is 50.2. The van der Waals surface area contributed by atoms with Crippen LogP contribution in [-0.2, 0) is 57.3 Å². The number of thioether (sulfide) groups is 1. The van der Waals surface area contributed by atoms with E-state index in [0.29, 0.717) is 95.0 Å². The van der Waals surface area contributed by atoms with Crippen LogP contribution in [0.25, 0.3) is 43.5 Å². The van der Waals surface area contributed by atoms with Crippen LogP contribution >= 0.6 is 58.8 Å². The summed E-state index contributed by atoms with van der Waals surface area (Å²) in [6.45, 7) is 10.3. The third-order valence-corrected chi connectivity index (χ3v) is 31.6. The average Bonchev–Trinajstić information content (AvgIpc) is 0.792. The number of urea groups is 2. The van der Waals surface area contributed by atoms with Crippen molar-refractivity contribution < 1.29 is 45.0 Å². The molecule has 19 rings (SSSR count). The lowest BCUT2D eigenvalue weighted by Crippen LogP contribution is -2.47. The lowest BCUT2D eigenvalue weighted by Gasteiger charge is -2.37. The molecule has 16 N–H and O–H groups in total. The van der Waals surface area contributed by atoms with E-state index in [1.165, 1.54) is 21.2 Å². The molecule has 3 saturated heterocycles. The van der Waals surface area contributed by atoms with Gasteiger partial charge in [0.1, 0.15) is 17.5 Å². The number of anilines is 8. The van der Waals surface area contributed by atoms with Crippen LogP contribution in [-0.4, -0.2) is 184 Å². The number of para-hydroxylation sites is 3. The fraction of sp³-hybridized carbons (Fsp3) is 0.276. The summed E-state index contributed by atoms with van der Waals surface area (Å²) in [6, 6.07) is 102. The van der Waals surface area contributed by atoms with Crippen molar-refractivity contribution in [1.82, 2.24) is 50.3 Å². The number of benzene rings is 13. The molecule has 4 amide bonds. The molecule has 32 heteroatoms. The Bertz CT molecular complexity index is 7050. The van der Waals surface area contributed by atoms with Crippen LogP contribution in [0.3, 0.4) is 0 Å². The van der Waals surface area contributed by atoms with Crippen molar-refractivity contribution in [3.63, 3.8) is 0 Å². The number of aliphatic hydroxyl groups is 6. The van der Waals surface area contributed by atoms with Crippen molar-refractivity contribution in [2.24, 2.45) is 0 Å². The first kappa shape index (κ1) is 107. The van der Waals surface area contributed by atoms with Crippen LogP contribution in [0, 0.1) is 0 Å². The molecule has 13 aromatic carbocycles. The second-order valence-electron chi connectivity index (χ2n) is 35.8. The van der Waals surface area contributed by atoms with Crippen LogP contribution < -0.4 is 53.2 Å².